The molecule has 0 radical (unpaired) electrons. The lowest BCUT2D eigenvalue weighted by Crippen LogP contribution is -2.54. The van der Waals surface area contributed by atoms with Crippen molar-refractivity contribution in [1.82, 2.24) is 19.6 Å². The van der Waals surface area contributed by atoms with Gasteiger partial charge >= 0.3 is 0 Å². The van der Waals surface area contributed by atoms with Crippen molar-refractivity contribution in [2.75, 3.05) is 26.2 Å². The van der Waals surface area contributed by atoms with E-state index < -0.39 is 0 Å². The molecular weight excluding hydrogens is 342 g/mol. The molecule has 2 N–H and O–H groups in total. The summed E-state index contributed by atoms with van der Waals surface area (Å²) in [5, 5.41) is 4.62. The number of nitrogens with two attached hydrogens (primary N) is 1. The van der Waals surface area contributed by atoms with Crippen molar-refractivity contribution in [1.29, 1.82) is 0 Å². The maximum atomic E-state index is 12.8. The number of aryl methyl sites for hydroxylation is 1. The van der Waals surface area contributed by atoms with Gasteiger partial charge < -0.3 is 10.6 Å². The molecule has 1 unspecified atom stereocenters. The van der Waals surface area contributed by atoms with Crippen LogP contribution in [0.3, 0.4) is 0 Å². The molecule has 27 heavy (non-hydrogen) atoms. The Morgan fingerprint density at radius 3 is 2.33 bits per heavy atom. The molecule has 1 aliphatic rings. The topological polar surface area (TPSA) is 84.5 Å². The fraction of sp³-hybridized carbons (Fsp3) is 0.450. The van der Waals surface area contributed by atoms with Gasteiger partial charge in [-0.05, 0) is 32.9 Å². The van der Waals surface area contributed by atoms with Crippen LogP contribution >= 0.6 is 0 Å². The first-order chi connectivity index (χ1) is 12.9. The van der Waals surface area contributed by atoms with E-state index in [-0.39, 0.29) is 17.9 Å². The molecule has 0 saturated carbocycles. The third-order valence-electron chi connectivity index (χ3n) is 5.40. The molecule has 2 amide bonds. The number of carbonyl (C=O) groups excluding carboxylic acids is 2. The lowest BCUT2D eigenvalue weighted by atomic mass is 10.1. The second-order valence-corrected chi connectivity index (χ2v) is 7.07. The van der Waals surface area contributed by atoms with Gasteiger partial charge in [0, 0.05) is 37.4 Å². The van der Waals surface area contributed by atoms with Crippen molar-refractivity contribution in [2.24, 2.45) is 5.73 Å². The summed E-state index contributed by atoms with van der Waals surface area (Å²) < 4.78 is 1.89. The van der Waals surface area contributed by atoms with E-state index in [0.29, 0.717) is 32.6 Å². The third kappa shape index (κ3) is 4.03. The molecule has 7 heteroatoms. The van der Waals surface area contributed by atoms with Crippen LogP contribution in [0, 0.1) is 13.8 Å². The zero-order chi connectivity index (χ0) is 19.6. The molecule has 144 valence electrons. The van der Waals surface area contributed by atoms with Gasteiger partial charge in [0.2, 0.25) is 11.8 Å². The average molecular weight is 369 g/mol. The average Bonchev–Trinajstić information content (AvgIpc) is 2.96. The SMILES string of the molecule is Cc1nn(-c2ccccc2)c(C)c1CC(=O)N1CCN(C(C)C(N)=O)CC1. The number of aromatic nitrogens is 2. The first-order valence-corrected chi connectivity index (χ1v) is 9.30. The maximum absolute atomic E-state index is 12.8. The molecule has 1 aromatic carbocycles. The molecule has 1 atom stereocenters. The second kappa shape index (κ2) is 7.92. The minimum Gasteiger partial charge on any atom is -0.368 e. The summed E-state index contributed by atoms with van der Waals surface area (Å²) in [6, 6.07) is 9.63. The molecule has 1 aromatic heterocycles. The zero-order valence-corrected chi connectivity index (χ0v) is 16.2. The number of hydrogen-bond acceptors (Lipinski definition) is 4. The summed E-state index contributed by atoms with van der Waals surface area (Å²) >= 11 is 0. The van der Waals surface area contributed by atoms with Crippen LogP contribution in [-0.2, 0) is 16.0 Å². The first-order valence-electron chi connectivity index (χ1n) is 9.30. The van der Waals surface area contributed by atoms with Gasteiger partial charge in [-0.25, -0.2) is 4.68 Å². The lowest BCUT2D eigenvalue weighted by molar-refractivity contribution is -0.133. The Balaban J connectivity index is 1.67. The van der Waals surface area contributed by atoms with Gasteiger partial charge in [-0.2, -0.15) is 5.10 Å². The molecule has 2 heterocycles. The molecular formula is C20H27N5O2. The number of piperazine rings is 1. The van der Waals surface area contributed by atoms with Crippen molar-refractivity contribution in [3.63, 3.8) is 0 Å². The standard InChI is InChI=1S/C20H27N5O2/c1-14-18(15(2)25(22-14)17-7-5-4-6-8-17)13-19(26)24-11-9-23(10-12-24)16(3)20(21)27/h4-8,16H,9-13H2,1-3H3,(H2,21,27). The van der Waals surface area contributed by atoms with E-state index in [9.17, 15) is 9.59 Å². The van der Waals surface area contributed by atoms with E-state index in [1.54, 1.807) is 0 Å². The van der Waals surface area contributed by atoms with Crippen molar-refractivity contribution < 1.29 is 9.59 Å². The van der Waals surface area contributed by atoms with Crippen molar-refractivity contribution in [3.05, 3.63) is 47.3 Å². The highest BCUT2D eigenvalue weighted by Gasteiger charge is 2.27. The first kappa shape index (κ1) is 19.1. The normalized spacial score (nSPS) is 16.3. The van der Waals surface area contributed by atoms with Crippen LogP contribution in [0.25, 0.3) is 5.69 Å². The van der Waals surface area contributed by atoms with E-state index in [0.717, 1.165) is 22.6 Å². The van der Waals surface area contributed by atoms with Gasteiger partial charge in [0.25, 0.3) is 0 Å². The highest BCUT2D eigenvalue weighted by molar-refractivity contribution is 5.80. The molecule has 3 rings (SSSR count). The smallest absolute Gasteiger partial charge is 0.234 e. The lowest BCUT2D eigenvalue weighted by Gasteiger charge is -2.37. The van der Waals surface area contributed by atoms with Gasteiger partial charge in [0.1, 0.15) is 0 Å². The van der Waals surface area contributed by atoms with E-state index in [1.165, 1.54) is 0 Å². The summed E-state index contributed by atoms with van der Waals surface area (Å²) in [6.45, 7) is 8.31. The predicted molar refractivity (Wildman–Crippen MR) is 104 cm³/mol. The van der Waals surface area contributed by atoms with Crippen LogP contribution < -0.4 is 5.73 Å². The van der Waals surface area contributed by atoms with Crippen LogP contribution in [0.1, 0.15) is 23.9 Å². The largest absolute Gasteiger partial charge is 0.368 e. The number of primary amides is 1. The molecule has 0 aliphatic carbocycles. The van der Waals surface area contributed by atoms with Gasteiger partial charge in [-0.15, -0.1) is 0 Å². The molecule has 1 saturated heterocycles. The number of nitrogens with zero attached hydrogens (tertiary/aromatic N) is 4. The van der Waals surface area contributed by atoms with E-state index in [2.05, 4.69) is 5.10 Å². The number of para-hydroxylation sites is 1. The minimum absolute atomic E-state index is 0.0974. The molecule has 1 fully saturated rings. The molecule has 7 nitrogen and oxygen atoms in total. The van der Waals surface area contributed by atoms with Gasteiger partial charge in [-0.1, -0.05) is 18.2 Å². The maximum Gasteiger partial charge on any atom is 0.234 e. The number of hydrogen-bond donors (Lipinski definition) is 1. The van der Waals surface area contributed by atoms with E-state index >= 15 is 0 Å². The fourth-order valence-corrected chi connectivity index (χ4v) is 3.55. The van der Waals surface area contributed by atoms with Crippen molar-refractivity contribution in [3.8, 4) is 5.69 Å². The van der Waals surface area contributed by atoms with Gasteiger partial charge in [0.15, 0.2) is 0 Å². The van der Waals surface area contributed by atoms with Crippen LogP contribution in [0.15, 0.2) is 30.3 Å². The van der Waals surface area contributed by atoms with Gasteiger partial charge in [-0.3, -0.25) is 14.5 Å². The Hall–Kier alpha value is -2.67. The van der Waals surface area contributed by atoms with Crippen LogP contribution in [0.5, 0.6) is 0 Å². The number of benzene rings is 1. The van der Waals surface area contributed by atoms with E-state index in [1.807, 2.05) is 65.6 Å². The van der Waals surface area contributed by atoms with Crippen LogP contribution in [-0.4, -0.2) is 63.6 Å². The second-order valence-electron chi connectivity index (χ2n) is 7.07. The van der Waals surface area contributed by atoms with Crippen LogP contribution in [0.4, 0.5) is 0 Å². The van der Waals surface area contributed by atoms with Gasteiger partial charge in [0.05, 0.1) is 23.8 Å². The summed E-state index contributed by atoms with van der Waals surface area (Å²) in [4.78, 5) is 28.0. The Kier molecular flexibility index (Phi) is 5.60. The highest BCUT2D eigenvalue weighted by Crippen LogP contribution is 2.19. The summed E-state index contributed by atoms with van der Waals surface area (Å²) in [5.41, 5.74) is 9.23. The summed E-state index contributed by atoms with van der Waals surface area (Å²) in [7, 11) is 0. The monoisotopic (exact) mass is 369 g/mol. The number of rotatable bonds is 5. The van der Waals surface area contributed by atoms with Crippen LogP contribution in [0.2, 0.25) is 0 Å². The Bertz CT molecular complexity index is 822. The summed E-state index contributed by atoms with van der Waals surface area (Å²) in [6.07, 6.45) is 0.343. The quantitative estimate of drug-likeness (QED) is 0.854. The van der Waals surface area contributed by atoms with Crippen molar-refractivity contribution >= 4 is 11.8 Å². The Morgan fingerprint density at radius 2 is 1.74 bits per heavy atom. The third-order valence-corrected chi connectivity index (χ3v) is 5.40. The zero-order valence-electron chi connectivity index (χ0n) is 16.2. The molecule has 0 bridgehead atoms. The molecule has 0 spiro atoms. The highest BCUT2D eigenvalue weighted by atomic mass is 16.2. The number of carbonyl (C=O) groups is 2. The minimum atomic E-state index is -0.325. The molecule has 1 aliphatic heterocycles. The summed E-state index contributed by atoms with van der Waals surface area (Å²) in [5.74, 6) is -0.227. The van der Waals surface area contributed by atoms with E-state index in [4.69, 9.17) is 5.73 Å². The predicted octanol–water partition coefficient (Wildman–Crippen LogP) is 1.05. The Labute approximate surface area is 159 Å². The fourth-order valence-electron chi connectivity index (χ4n) is 3.55. The van der Waals surface area contributed by atoms with Crippen molar-refractivity contribution in [2.45, 2.75) is 33.2 Å². The Morgan fingerprint density at radius 1 is 1.11 bits per heavy atom. The molecule has 2 aromatic rings. The number of amides is 2.